The van der Waals surface area contributed by atoms with Gasteiger partial charge < -0.3 is 20.3 Å². The summed E-state index contributed by atoms with van der Waals surface area (Å²) in [5, 5.41) is 15.2. The van der Waals surface area contributed by atoms with Crippen molar-refractivity contribution in [2.24, 2.45) is 0 Å². The molecule has 1 aliphatic heterocycles. The van der Waals surface area contributed by atoms with E-state index in [1.54, 1.807) is 12.1 Å². The monoisotopic (exact) mass is 282 g/mol. The van der Waals surface area contributed by atoms with Crippen molar-refractivity contribution in [1.82, 2.24) is 0 Å². The summed E-state index contributed by atoms with van der Waals surface area (Å²) in [5.74, 6) is 0. The van der Waals surface area contributed by atoms with Gasteiger partial charge in [-0.3, -0.25) is 0 Å². The fourth-order valence-corrected chi connectivity index (χ4v) is 2.29. The Bertz CT molecular complexity index is 690. The zero-order chi connectivity index (χ0) is 14.8. The Morgan fingerprint density at radius 2 is 2.05 bits per heavy atom. The number of para-hydroxylation sites is 1. The van der Waals surface area contributed by atoms with Crippen LogP contribution in [0.2, 0.25) is 0 Å². The van der Waals surface area contributed by atoms with Gasteiger partial charge in [-0.25, -0.2) is 4.79 Å². The summed E-state index contributed by atoms with van der Waals surface area (Å²) < 4.78 is 5.12. The van der Waals surface area contributed by atoms with Gasteiger partial charge in [0.1, 0.15) is 0 Å². The fourth-order valence-electron chi connectivity index (χ4n) is 2.29. The van der Waals surface area contributed by atoms with Crippen LogP contribution in [0.15, 0.2) is 42.5 Å². The van der Waals surface area contributed by atoms with Gasteiger partial charge in [0.2, 0.25) is 0 Å². The van der Waals surface area contributed by atoms with E-state index in [0.29, 0.717) is 17.8 Å². The van der Waals surface area contributed by atoms with Crippen molar-refractivity contribution in [2.45, 2.75) is 13.5 Å². The van der Waals surface area contributed by atoms with Gasteiger partial charge in [-0.15, -0.1) is 0 Å². The second-order valence-corrected chi connectivity index (χ2v) is 4.97. The number of benzene rings is 2. The molecule has 2 aromatic rings. The lowest BCUT2D eigenvalue weighted by Gasteiger charge is -2.10. The van der Waals surface area contributed by atoms with Crippen LogP contribution in [0.1, 0.15) is 11.1 Å². The standard InChI is InChI=1S/C15H15BN2O3/c1-10-4-2-3-5-14(10)18-15(19)17-12-7-6-11-9-21-16(20)13(11)8-12/h2-8,20H,9H2,1H3,(H2,17,18,19). The molecular formula is C15H15BN2O3. The lowest BCUT2D eigenvalue weighted by Crippen LogP contribution is -2.29. The first kappa shape index (κ1) is 13.7. The first-order chi connectivity index (χ1) is 10.1. The van der Waals surface area contributed by atoms with Crippen molar-refractivity contribution in [3.63, 3.8) is 0 Å². The Balaban J connectivity index is 1.71. The zero-order valence-electron chi connectivity index (χ0n) is 11.6. The molecule has 0 radical (unpaired) electrons. The first-order valence-corrected chi connectivity index (χ1v) is 6.69. The second-order valence-electron chi connectivity index (χ2n) is 4.97. The van der Waals surface area contributed by atoms with E-state index in [0.717, 1.165) is 16.8 Å². The van der Waals surface area contributed by atoms with Crippen molar-refractivity contribution in [3.05, 3.63) is 53.6 Å². The molecular weight excluding hydrogens is 267 g/mol. The largest absolute Gasteiger partial charge is 0.491 e. The molecule has 0 spiro atoms. The van der Waals surface area contributed by atoms with Gasteiger partial charge in [-0.2, -0.15) is 0 Å². The molecule has 3 N–H and O–H groups in total. The van der Waals surface area contributed by atoms with Crippen molar-refractivity contribution >= 4 is 30.0 Å². The van der Waals surface area contributed by atoms with Crippen LogP contribution in [0.3, 0.4) is 0 Å². The molecule has 6 heteroatoms. The number of carbonyl (C=O) groups is 1. The summed E-state index contributed by atoms with van der Waals surface area (Å²) in [6.07, 6.45) is 0. The first-order valence-electron chi connectivity index (χ1n) is 6.69. The van der Waals surface area contributed by atoms with E-state index in [1.807, 2.05) is 37.3 Å². The maximum Gasteiger partial charge on any atom is 0.491 e. The quantitative estimate of drug-likeness (QED) is 0.736. The van der Waals surface area contributed by atoms with Gasteiger partial charge in [0.05, 0.1) is 6.61 Å². The topological polar surface area (TPSA) is 70.6 Å². The number of amides is 2. The van der Waals surface area contributed by atoms with E-state index >= 15 is 0 Å². The van der Waals surface area contributed by atoms with Gasteiger partial charge in [-0.1, -0.05) is 24.3 Å². The Hall–Kier alpha value is -2.31. The average Bonchev–Trinajstić information content (AvgIpc) is 2.83. The molecule has 1 heterocycles. The lowest BCUT2D eigenvalue weighted by molar-refractivity contribution is 0.262. The number of rotatable bonds is 2. The summed E-state index contributed by atoms with van der Waals surface area (Å²) in [4.78, 5) is 12.0. The molecule has 2 amide bonds. The highest BCUT2D eigenvalue weighted by molar-refractivity contribution is 6.61. The maximum absolute atomic E-state index is 12.0. The molecule has 1 aliphatic rings. The van der Waals surface area contributed by atoms with Crippen molar-refractivity contribution in [1.29, 1.82) is 0 Å². The van der Waals surface area contributed by atoms with E-state index in [-0.39, 0.29) is 6.03 Å². The van der Waals surface area contributed by atoms with Gasteiger partial charge in [0, 0.05) is 11.4 Å². The number of urea groups is 1. The number of anilines is 2. The SMILES string of the molecule is Cc1ccccc1NC(=O)Nc1ccc2c(c1)B(O)OC2. The molecule has 0 bridgehead atoms. The minimum absolute atomic E-state index is 0.322. The summed E-state index contributed by atoms with van der Waals surface area (Å²) in [6, 6.07) is 12.6. The summed E-state index contributed by atoms with van der Waals surface area (Å²) in [6.45, 7) is 2.32. The molecule has 2 aromatic carbocycles. The molecule has 21 heavy (non-hydrogen) atoms. The normalized spacial score (nSPS) is 13.0. The van der Waals surface area contributed by atoms with Crippen LogP contribution < -0.4 is 16.1 Å². The smallest absolute Gasteiger partial charge is 0.423 e. The highest BCUT2D eigenvalue weighted by atomic mass is 16.5. The highest BCUT2D eigenvalue weighted by Gasteiger charge is 2.27. The minimum Gasteiger partial charge on any atom is -0.423 e. The zero-order valence-corrected chi connectivity index (χ0v) is 11.6. The number of fused-ring (bicyclic) bond motifs is 1. The summed E-state index contributed by atoms with van der Waals surface area (Å²) in [7, 11) is -0.916. The van der Waals surface area contributed by atoms with Gasteiger partial charge in [-0.05, 0) is 41.7 Å². The Labute approximate surface area is 123 Å². The van der Waals surface area contributed by atoms with E-state index < -0.39 is 7.12 Å². The molecule has 5 nitrogen and oxygen atoms in total. The Kier molecular flexibility index (Phi) is 3.64. The average molecular weight is 282 g/mol. The van der Waals surface area contributed by atoms with Crippen molar-refractivity contribution in [3.8, 4) is 0 Å². The van der Waals surface area contributed by atoms with Gasteiger partial charge in [0.25, 0.3) is 0 Å². The number of hydrogen-bond donors (Lipinski definition) is 3. The summed E-state index contributed by atoms with van der Waals surface area (Å²) in [5.41, 5.74) is 4.00. The molecule has 0 aliphatic carbocycles. The van der Waals surface area contributed by atoms with Crippen LogP contribution in [0.25, 0.3) is 0 Å². The Morgan fingerprint density at radius 1 is 1.24 bits per heavy atom. The van der Waals surface area contributed by atoms with Crippen LogP contribution in [-0.2, 0) is 11.3 Å². The van der Waals surface area contributed by atoms with Gasteiger partial charge in [0.15, 0.2) is 0 Å². The van der Waals surface area contributed by atoms with Crippen LogP contribution in [0.5, 0.6) is 0 Å². The van der Waals surface area contributed by atoms with Gasteiger partial charge >= 0.3 is 13.1 Å². The number of nitrogens with one attached hydrogen (secondary N) is 2. The minimum atomic E-state index is -0.916. The predicted molar refractivity (Wildman–Crippen MR) is 82.7 cm³/mol. The molecule has 3 rings (SSSR count). The van der Waals surface area contributed by atoms with Crippen LogP contribution >= 0.6 is 0 Å². The third kappa shape index (κ3) is 2.91. The van der Waals surface area contributed by atoms with Crippen LogP contribution in [0.4, 0.5) is 16.2 Å². The number of aryl methyl sites for hydroxylation is 1. The van der Waals surface area contributed by atoms with Crippen molar-refractivity contribution < 1.29 is 14.5 Å². The predicted octanol–water partition coefficient (Wildman–Crippen LogP) is 1.86. The number of carbonyl (C=O) groups excluding carboxylic acids is 1. The van der Waals surface area contributed by atoms with E-state index in [4.69, 9.17) is 4.65 Å². The fraction of sp³-hybridized carbons (Fsp3) is 0.133. The summed E-state index contributed by atoms with van der Waals surface area (Å²) >= 11 is 0. The maximum atomic E-state index is 12.0. The highest BCUT2D eigenvalue weighted by Crippen LogP contribution is 2.16. The molecule has 0 unspecified atom stereocenters. The van der Waals surface area contributed by atoms with E-state index in [9.17, 15) is 9.82 Å². The van der Waals surface area contributed by atoms with E-state index in [2.05, 4.69) is 10.6 Å². The van der Waals surface area contributed by atoms with Crippen LogP contribution in [0, 0.1) is 6.92 Å². The molecule has 0 fully saturated rings. The molecule has 0 aromatic heterocycles. The molecule has 0 atom stereocenters. The number of hydrogen-bond acceptors (Lipinski definition) is 3. The third-order valence-corrected chi connectivity index (χ3v) is 3.46. The van der Waals surface area contributed by atoms with E-state index in [1.165, 1.54) is 0 Å². The molecule has 0 saturated carbocycles. The lowest BCUT2D eigenvalue weighted by atomic mass is 9.79. The second kappa shape index (κ2) is 5.59. The van der Waals surface area contributed by atoms with Crippen LogP contribution in [-0.4, -0.2) is 18.2 Å². The third-order valence-electron chi connectivity index (χ3n) is 3.46. The van der Waals surface area contributed by atoms with Crippen molar-refractivity contribution in [2.75, 3.05) is 10.6 Å². The molecule has 0 saturated heterocycles. The Morgan fingerprint density at radius 3 is 2.86 bits per heavy atom. The molecule has 106 valence electrons.